The van der Waals surface area contributed by atoms with E-state index in [1.165, 1.54) is 6.33 Å². The van der Waals surface area contributed by atoms with Crippen molar-refractivity contribution < 1.29 is 19.4 Å². The number of phenolic OH excluding ortho intramolecular Hbond substituents is 1. The molecule has 4 rings (SSSR count). The lowest BCUT2D eigenvalue weighted by atomic mass is 10.2. The van der Waals surface area contributed by atoms with Crippen molar-refractivity contribution in [2.24, 2.45) is 7.05 Å². The summed E-state index contributed by atoms with van der Waals surface area (Å²) in [5, 5.41) is 9.53. The van der Waals surface area contributed by atoms with Crippen LogP contribution in [0.25, 0.3) is 22.6 Å². The Morgan fingerprint density at radius 2 is 1.93 bits per heavy atom. The lowest BCUT2D eigenvalue weighted by molar-refractivity contribution is 0.0275. The zero-order valence-corrected chi connectivity index (χ0v) is 17.5. The number of phenols is 1. The number of amides is 1. The summed E-state index contributed by atoms with van der Waals surface area (Å²) in [4.78, 5) is 27.2. The third-order valence-corrected chi connectivity index (χ3v) is 4.82. The molecule has 3 aromatic rings. The van der Waals surface area contributed by atoms with Crippen LogP contribution in [0.15, 0.2) is 30.6 Å². The zero-order chi connectivity index (χ0) is 21.5. The van der Waals surface area contributed by atoms with Crippen LogP contribution in [-0.2, 0) is 11.8 Å². The maximum atomic E-state index is 12.3. The van der Waals surface area contributed by atoms with Gasteiger partial charge in [0.2, 0.25) is 5.88 Å². The highest BCUT2D eigenvalue weighted by Crippen LogP contribution is 2.29. The number of aromatic hydroxyl groups is 1. The third-order valence-electron chi connectivity index (χ3n) is 4.82. The highest BCUT2D eigenvalue weighted by Gasteiger charge is 2.31. The molecule has 1 aromatic carbocycles. The Bertz CT molecular complexity index is 1070. The molecule has 2 aromatic heterocycles. The van der Waals surface area contributed by atoms with Crippen LogP contribution < -0.4 is 4.74 Å². The minimum atomic E-state index is -0.534. The van der Waals surface area contributed by atoms with Crippen molar-refractivity contribution in [3.05, 3.63) is 30.6 Å². The maximum Gasteiger partial charge on any atom is 0.410 e. The van der Waals surface area contributed by atoms with Gasteiger partial charge < -0.3 is 24.0 Å². The lowest BCUT2D eigenvalue weighted by Crippen LogP contribution is -2.36. The molecule has 3 heterocycles. The van der Waals surface area contributed by atoms with Gasteiger partial charge in [-0.15, -0.1) is 0 Å². The number of benzene rings is 1. The Morgan fingerprint density at radius 1 is 1.20 bits per heavy atom. The molecule has 1 saturated heterocycles. The Balaban J connectivity index is 1.55. The minimum absolute atomic E-state index is 0.192. The molecule has 0 saturated carbocycles. The Kier molecular flexibility index (Phi) is 4.97. The average molecular weight is 411 g/mol. The molecule has 1 atom stereocenters. The summed E-state index contributed by atoms with van der Waals surface area (Å²) >= 11 is 0. The number of ether oxygens (including phenoxy) is 2. The second kappa shape index (κ2) is 7.47. The maximum absolute atomic E-state index is 12.3. The summed E-state index contributed by atoms with van der Waals surface area (Å²) in [6.07, 6.45) is 1.59. The van der Waals surface area contributed by atoms with Crippen LogP contribution >= 0.6 is 0 Å². The standard InChI is InChI=1S/C21H25N5O4/c1-21(2,3)30-20(28)26-10-9-15(11-26)29-19-16-18(22-12-23-19)25(4)17(24-16)13-5-7-14(27)8-6-13/h5-8,12,15,27H,9-11H2,1-4H3/t15-/m0/s1. The molecular formula is C21H25N5O4. The molecule has 9 nitrogen and oxygen atoms in total. The van der Waals surface area contributed by atoms with Crippen molar-refractivity contribution in [3.63, 3.8) is 0 Å². The van der Waals surface area contributed by atoms with E-state index in [-0.39, 0.29) is 17.9 Å². The summed E-state index contributed by atoms with van der Waals surface area (Å²) in [7, 11) is 1.87. The van der Waals surface area contributed by atoms with Crippen molar-refractivity contribution in [3.8, 4) is 23.0 Å². The summed E-state index contributed by atoms with van der Waals surface area (Å²) in [6, 6.07) is 6.81. The number of hydrogen-bond acceptors (Lipinski definition) is 7. The van der Waals surface area contributed by atoms with Gasteiger partial charge in [-0.05, 0) is 45.0 Å². The van der Waals surface area contributed by atoms with Crippen molar-refractivity contribution in [1.82, 2.24) is 24.4 Å². The van der Waals surface area contributed by atoms with E-state index >= 15 is 0 Å². The van der Waals surface area contributed by atoms with Gasteiger partial charge >= 0.3 is 6.09 Å². The Labute approximate surface area is 174 Å². The van der Waals surface area contributed by atoms with E-state index in [0.29, 0.717) is 42.4 Å². The molecule has 30 heavy (non-hydrogen) atoms. The normalized spacial score (nSPS) is 16.8. The van der Waals surface area contributed by atoms with Gasteiger partial charge in [0.15, 0.2) is 11.2 Å². The highest BCUT2D eigenvalue weighted by atomic mass is 16.6. The van der Waals surface area contributed by atoms with Crippen LogP contribution in [0.2, 0.25) is 0 Å². The molecule has 9 heteroatoms. The molecule has 0 bridgehead atoms. The van der Waals surface area contributed by atoms with Crippen LogP contribution in [0.4, 0.5) is 4.79 Å². The molecule has 1 N–H and O–H groups in total. The molecule has 0 aliphatic carbocycles. The number of rotatable bonds is 3. The molecule has 1 aliphatic rings. The lowest BCUT2D eigenvalue weighted by Gasteiger charge is -2.24. The van der Waals surface area contributed by atoms with E-state index in [9.17, 15) is 9.90 Å². The number of nitrogens with zero attached hydrogens (tertiary/aromatic N) is 5. The van der Waals surface area contributed by atoms with Gasteiger partial charge in [0.1, 0.15) is 29.6 Å². The topological polar surface area (TPSA) is 103 Å². The quantitative estimate of drug-likeness (QED) is 0.706. The first-order valence-electron chi connectivity index (χ1n) is 9.82. The average Bonchev–Trinajstić information content (AvgIpc) is 3.27. The zero-order valence-electron chi connectivity index (χ0n) is 17.5. The molecule has 1 fully saturated rings. The van der Waals surface area contributed by atoms with Crippen LogP contribution in [-0.4, -0.2) is 60.4 Å². The summed E-state index contributed by atoms with van der Waals surface area (Å²) in [6.45, 7) is 6.53. The number of fused-ring (bicyclic) bond motifs is 1. The Hall–Kier alpha value is -3.36. The van der Waals surface area contributed by atoms with Crippen LogP contribution in [0.1, 0.15) is 27.2 Å². The predicted molar refractivity (Wildman–Crippen MR) is 110 cm³/mol. The van der Waals surface area contributed by atoms with Gasteiger partial charge in [-0.2, -0.15) is 4.98 Å². The van der Waals surface area contributed by atoms with Gasteiger partial charge in [-0.3, -0.25) is 0 Å². The monoisotopic (exact) mass is 411 g/mol. The van der Waals surface area contributed by atoms with Crippen molar-refractivity contribution >= 4 is 17.3 Å². The van der Waals surface area contributed by atoms with Gasteiger partial charge in [0.25, 0.3) is 0 Å². The summed E-state index contributed by atoms with van der Waals surface area (Å²) in [5.41, 5.74) is 1.51. The second-order valence-electron chi connectivity index (χ2n) is 8.35. The van der Waals surface area contributed by atoms with E-state index in [1.807, 2.05) is 32.4 Å². The number of imidazole rings is 1. The smallest absolute Gasteiger partial charge is 0.410 e. The van der Waals surface area contributed by atoms with Crippen molar-refractivity contribution in [2.45, 2.75) is 38.9 Å². The van der Waals surface area contributed by atoms with Gasteiger partial charge in [-0.25, -0.2) is 14.8 Å². The van der Waals surface area contributed by atoms with E-state index in [2.05, 4.69) is 15.0 Å². The van der Waals surface area contributed by atoms with E-state index < -0.39 is 5.60 Å². The largest absolute Gasteiger partial charge is 0.508 e. The predicted octanol–water partition coefficient (Wildman–Crippen LogP) is 3.12. The summed E-state index contributed by atoms with van der Waals surface area (Å²) in [5.74, 6) is 1.27. The van der Waals surface area contributed by atoms with Crippen molar-refractivity contribution in [1.29, 1.82) is 0 Å². The van der Waals surface area contributed by atoms with E-state index in [1.54, 1.807) is 29.2 Å². The number of likely N-dealkylation sites (tertiary alicyclic amines) is 1. The molecule has 158 valence electrons. The molecule has 0 spiro atoms. The molecule has 1 amide bonds. The number of hydrogen-bond donors (Lipinski definition) is 1. The first-order valence-corrected chi connectivity index (χ1v) is 9.82. The number of aryl methyl sites for hydroxylation is 1. The SMILES string of the molecule is Cn1c(-c2ccc(O)cc2)nc2c(O[C@H]3CCN(C(=O)OC(C)(C)C)C3)ncnc21. The van der Waals surface area contributed by atoms with Gasteiger partial charge in [0.05, 0.1) is 6.54 Å². The first-order chi connectivity index (χ1) is 14.2. The van der Waals surface area contributed by atoms with Crippen molar-refractivity contribution in [2.75, 3.05) is 13.1 Å². The molecule has 0 radical (unpaired) electrons. The fourth-order valence-corrected chi connectivity index (χ4v) is 3.41. The van der Waals surface area contributed by atoms with Crippen LogP contribution in [0.3, 0.4) is 0 Å². The van der Waals surface area contributed by atoms with Crippen LogP contribution in [0.5, 0.6) is 11.6 Å². The first kappa shape index (κ1) is 19.9. The number of aromatic nitrogens is 4. The van der Waals surface area contributed by atoms with Gasteiger partial charge in [0, 0.05) is 25.6 Å². The third kappa shape index (κ3) is 4.00. The summed E-state index contributed by atoms with van der Waals surface area (Å²) < 4.78 is 13.4. The second-order valence-corrected chi connectivity index (χ2v) is 8.35. The fraction of sp³-hybridized carbons (Fsp3) is 0.429. The molecular weight excluding hydrogens is 386 g/mol. The van der Waals surface area contributed by atoms with Gasteiger partial charge in [-0.1, -0.05) is 0 Å². The molecule has 0 unspecified atom stereocenters. The minimum Gasteiger partial charge on any atom is -0.508 e. The highest BCUT2D eigenvalue weighted by molar-refractivity contribution is 5.81. The van der Waals surface area contributed by atoms with Crippen LogP contribution in [0, 0.1) is 0 Å². The Morgan fingerprint density at radius 3 is 2.63 bits per heavy atom. The number of carbonyl (C=O) groups excluding carboxylic acids is 1. The molecule has 1 aliphatic heterocycles. The fourth-order valence-electron chi connectivity index (χ4n) is 3.41. The van der Waals surface area contributed by atoms with E-state index in [0.717, 1.165) is 5.56 Å². The van der Waals surface area contributed by atoms with E-state index in [4.69, 9.17) is 9.47 Å². The number of carbonyl (C=O) groups is 1.